The number of nitrogens with zero attached hydrogens (tertiary/aromatic N) is 1. The molecule has 74 valence electrons. The zero-order valence-corrected chi connectivity index (χ0v) is 8.41. The van der Waals surface area contributed by atoms with Gasteiger partial charge in [-0.2, -0.15) is 0 Å². The van der Waals surface area contributed by atoms with E-state index in [9.17, 15) is 4.79 Å². The molecule has 14 heavy (non-hydrogen) atoms. The zero-order valence-electron chi connectivity index (χ0n) is 8.41. The van der Waals surface area contributed by atoms with Gasteiger partial charge in [-0.25, -0.2) is 9.79 Å². The molecule has 0 spiro atoms. The van der Waals surface area contributed by atoms with Crippen LogP contribution in [0.1, 0.15) is 18.1 Å². The lowest BCUT2D eigenvalue weighted by Gasteiger charge is -2.07. The van der Waals surface area contributed by atoms with Crippen molar-refractivity contribution in [3.63, 3.8) is 0 Å². The highest BCUT2D eigenvalue weighted by Gasteiger charge is 2.02. The van der Waals surface area contributed by atoms with Gasteiger partial charge < -0.3 is 4.74 Å². The van der Waals surface area contributed by atoms with Gasteiger partial charge in [-0.3, -0.25) is 0 Å². The summed E-state index contributed by atoms with van der Waals surface area (Å²) in [6.07, 6.45) is 2.48. The Morgan fingerprint density at radius 3 is 2.86 bits per heavy atom. The summed E-state index contributed by atoms with van der Waals surface area (Å²) in [4.78, 5) is 13.5. The average Bonchev–Trinajstić information content (AvgIpc) is 2.25. The molecule has 1 rings (SSSR count). The number of hydrogen-bond donors (Lipinski definition) is 0. The van der Waals surface area contributed by atoms with Gasteiger partial charge in [0.05, 0.1) is 13.7 Å². The van der Waals surface area contributed by atoms with Crippen LogP contribution in [-0.2, 0) is 17.8 Å². The SMILES string of the molecule is CCc1ccc(OC)c(CN=C=O)c1. The molecule has 0 fully saturated rings. The smallest absolute Gasteiger partial charge is 0.235 e. The summed E-state index contributed by atoms with van der Waals surface area (Å²) in [6, 6.07) is 5.90. The Balaban J connectivity index is 3.01. The number of benzene rings is 1. The van der Waals surface area contributed by atoms with Crippen molar-refractivity contribution in [3.05, 3.63) is 29.3 Å². The Morgan fingerprint density at radius 2 is 2.29 bits per heavy atom. The van der Waals surface area contributed by atoms with E-state index in [0.717, 1.165) is 17.7 Å². The number of carbonyl (C=O) groups excluding carboxylic acids is 1. The molecule has 0 amide bonds. The predicted molar refractivity (Wildman–Crippen MR) is 54.2 cm³/mol. The van der Waals surface area contributed by atoms with E-state index < -0.39 is 0 Å². The Hall–Kier alpha value is -1.60. The molecular weight excluding hydrogens is 178 g/mol. The molecule has 0 aliphatic heterocycles. The fourth-order valence-electron chi connectivity index (χ4n) is 1.29. The summed E-state index contributed by atoms with van der Waals surface area (Å²) in [6.45, 7) is 2.41. The lowest BCUT2D eigenvalue weighted by molar-refractivity contribution is 0.409. The normalized spacial score (nSPS) is 9.29. The van der Waals surface area contributed by atoms with Crippen molar-refractivity contribution in [2.24, 2.45) is 4.99 Å². The molecule has 0 bridgehead atoms. The first-order valence-corrected chi connectivity index (χ1v) is 4.51. The third-order valence-electron chi connectivity index (χ3n) is 2.07. The highest BCUT2D eigenvalue weighted by Crippen LogP contribution is 2.20. The van der Waals surface area contributed by atoms with Crippen molar-refractivity contribution >= 4 is 6.08 Å². The van der Waals surface area contributed by atoms with Crippen LogP contribution in [0.15, 0.2) is 23.2 Å². The zero-order chi connectivity index (χ0) is 10.4. The van der Waals surface area contributed by atoms with E-state index in [1.54, 1.807) is 7.11 Å². The maximum atomic E-state index is 10.00. The van der Waals surface area contributed by atoms with Crippen LogP contribution in [0.4, 0.5) is 0 Å². The van der Waals surface area contributed by atoms with Gasteiger partial charge in [0.25, 0.3) is 0 Å². The summed E-state index contributed by atoms with van der Waals surface area (Å²) in [5.41, 5.74) is 2.14. The van der Waals surface area contributed by atoms with Crippen LogP contribution in [0.25, 0.3) is 0 Å². The van der Waals surface area contributed by atoms with Crippen molar-refractivity contribution < 1.29 is 9.53 Å². The number of ether oxygens (including phenoxy) is 1. The standard InChI is InChI=1S/C11H13NO2/c1-3-9-4-5-11(14-2)10(6-9)7-12-8-13/h4-6H,3,7H2,1-2H3. The maximum absolute atomic E-state index is 10.00. The van der Waals surface area contributed by atoms with Gasteiger partial charge >= 0.3 is 0 Å². The van der Waals surface area contributed by atoms with E-state index >= 15 is 0 Å². The molecule has 0 saturated heterocycles. The molecule has 0 aliphatic carbocycles. The van der Waals surface area contributed by atoms with Crippen LogP contribution in [-0.4, -0.2) is 13.2 Å². The number of aliphatic imine (C=N–C) groups is 1. The van der Waals surface area contributed by atoms with E-state index in [1.807, 2.05) is 18.2 Å². The average molecular weight is 191 g/mol. The maximum Gasteiger partial charge on any atom is 0.235 e. The molecule has 3 nitrogen and oxygen atoms in total. The molecule has 1 aromatic rings. The van der Waals surface area contributed by atoms with Crippen molar-refractivity contribution in [2.75, 3.05) is 7.11 Å². The highest BCUT2D eigenvalue weighted by molar-refractivity contribution is 5.39. The lowest BCUT2D eigenvalue weighted by atomic mass is 10.1. The van der Waals surface area contributed by atoms with Gasteiger partial charge in [0.1, 0.15) is 5.75 Å². The van der Waals surface area contributed by atoms with Gasteiger partial charge in [0, 0.05) is 5.56 Å². The Morgan fingerprint density at radius 1 is 1.50 bits per heavy atom. The summed E-state index contributed by atoms with van der Waals surface area (Å²) in [7, 11) is 1.61. The van der Waals surface area contributed by atoms with Crippen molar-refractivity contribution in [2.45, 2.75) is 19.9 Å². The van der Waals surface area contributed by atoms with Gasteiger partial charge in [-0.1, -0.05) is 19.1 Å². The second kappa shape index (κ2) is 5.20. The van der Waals surface area contributed by atoms with Gasteiger partial charge in [-0.15, -0.1) is 0 Å². The third kappa shape index (κ3) is 2.44. The quantitative estimate of drug-likeness (QED) is 0.540. The number of rotatable bonds is 4. The van der Waals surface area contributed by atoms with Crippen LogP contribution in [0, 0.1) is 0 Å². The molecule has 0 atom stereocenters. The Labute approximate surface area is 83.4 Å². The predicted octanol–water partition coefficient (Wildman–Crippen LogP) is 2.09. The summed E-state index contributed by atoms with van der Waals surface area (Å²) >= 11 is 0. The first kappa shape index (κ1) is 10.5. The number of hydrogen-bond acceptors (Lipinski definition) is 3. The fraction of sp³-hybridized carbons (Fsp3) is 0.364. The van der Waals surface area contributed by atoms with E-state index in [1.165, 1.54) is 11.6 Å². The first-order chi connectivity index (χ1) is 6.81. The largest absolute Gasteiger partial charge is 0.496 e. The van der Waals surface area contributed by atoms with E-state index in [0.29, 0.717) is 6.54 Å². The lowest BCUT2D eigenvalue weighted by Crippen LogP contribution is -1.92. The second-order valence-electron chi connectivity index (χ2n) is 2.91. The monoisotopic (exact) mass is 191 g/mol. The first-order valence-electron chi connectivity index (χ1n) is 4.51. The van der Waals surface area contributed by atoms with Crippen LogP contribution in [0.5, 0.6) is 5.75 Å². The van der Waals surface area contributed by atoms with Crippen LogP contribution >= 0.6 is 0 Å². The van der Waals surface area contributed by atoms with E-state index in [4.69, 9.17) is 4.74 Å². The molecule has 1 aromatic carbocycles. The van der Waals surface area contributed by atoms with Crippen molar-refractivity contribution in [1.29, 1.82) is 0 Å². The minimum Gasteiger partial charge on any atom is -0.496 e. The van der Waals surface area contributed by atoms with Crippen molar-refractivity contribution in [3.8, 4) is 5.75 Å². The Kier molecular flexibility index (Phi) is 3.89. The third-order valence-corrected chi connectivity index (χ3v) is 2.07. The summed E-state index contributed by atoms with van der Waals surface area (Å²) in [5, 5.41) is 0. The van der Waals surface area contributed by atoms with Crippen molar-refractivity contribution in [1.82, 2.24) is 0 Å². The second-order valence-corrected chi connectivity index (χ2v) is 2.91. The molecule has 0 unspecified atom stereocenters. The number of isocyanates is 1. The van der Waals surface area contributed by atoms with E-state index in [-0.39, 0.29) is 0 Å². The van der Waals surface area contributed by atoms with E-state index in [2.05, 4.69) is 11.9 Å². The molecule has 0 aromatic heterocycles. The molecular formula is C11H13NO2. The minimum atomic E-state index is 0.334. The number of methoxy groups -OCH3 is 1. The topological polar surface area (TPSA) is 38.7 Å². The van der Waals surface area contributed by atoms with Crippen LogP contribution < -0.4 is 4.74 Å². The van der Waals surface area contributed by atoms with Gasteiger partial charge in [-0.05, 0) is 18.1 Å². The van der Waals surface area contributed by atoms with Crippen LogP contribution in [0.3, 0.4) is 0 Å². The Bertz CT molecular complexity index is 354. The highest BCUT2D eigenvalue weighted by atomic mass is 16.5. The molecule has 0 aliphatic rings. The molecule has 0 N–H and O–H groups in total. The van der Waals surface area contributed by atoms with Gasteiger partial charge in [0.2, 0.25) is 6.08 Å². The summed E-state index contributed by atoms with van der Waals surface area (Å²) < 4.78 is 5.15. The summed E-state index contributed by atoms with van der Waals surface area (Å²) in [5.74, 6) is 0.765. The fourth-order valence-corrected chi connectivity index (χ4v) is 1.29. The van der Waals surface area contributed by atoms with Crippen LogP contribution in [0.2, 0.25) is 0 Å². The number of aryl methyl sites for hydroxylation is 1. The molecule has 0 radical (unpaired) electrons. The molecule has 0 heterocycles. The minimum absolute atomic E-state index is 0.334. The molecule has 0 saturated carbocycles. The molecule has 3 heteroatoms. The van der Waals surface area contributed by atoms with Gasteiger partial charge in [0.15, 0.2) is 0 Å².